The molecule has 0 spiro atoms. The Morgan fingerprint density at radius 2 is 2.25 bits per heavy atom. The fraction of sp³-hybridized carbons (Fsp3) is 0.538. The smallest absolute Gasteiger partial charge is 0.133 e. The van der Waals surface area contributed by atoms with Crippen molar-refractivity contribution in [3.63, 3.8) is 0 Å². The Morgan fingerprint density at radius 1 is 1.44 bits per heavy atom. The van der Waals surface area contributed by atoms with Gasteiger partial charge in [0.25, 0.3) is 0 Å². The number of benzene rings is 1. The average Bonchev–Trinajstić information content (AvgIpc) is 2.64. The molecule has 1 aromatic carbocycles. The highest BCUT2D eigenvalue weighted by molar-refractivity contribution is 9.10. The Hall–Kier alpha value is -0.540. The van der Waals surface area contributed by atoms with Crippen LogP contribution in [0.1, 0.15) is 24.8 Å². The highest BCUT2D eigenvalue weighted by Crippen LogP contribution is 2.30. The zero-order chi connectivity index (χ0) is 11.5. The molecule has 0 bridgehead atoms. The lowest BCUT2D eigenvalue weighted by molar-refractivity contribution is 0.411. The predicted molar refractivity (Wildman–Crippen MR) is 69.7 cm³/mol. The minimum Gasteiger partial charge on any atom is -0.496 e. The van der Waals surface area contributed by atoms with Gasteiger partial charge in [0.15, 0.2) is 0 Å². The van der Waals surface area contributed by atoms with Crippen LogP contribution in [0.4, 0.5) is 0 Å². The van der Waals surface area contributed by atoms with Gasteiger partial charge in [-0.05, 0) is 65.2 Å². The van der Waals surface area contributed by atoms with Gasteiger partial charge in [-0.3, -0.25) is 0 Å². The molecular weight excluding hydrogens is 266 g/mol. The van der Waals surface area contributed by atoms with Gasteiger partial charge >= 0.3 is 0 Å². The van der Waals surface area contributed by atoms with E-state index in [0.29, 0.717) is 6.04 Å². The second-order valence-electron chi connectivity index (χ2n) is 4.61. The summed E-state index contributed by atoms with van der Waals surface area (Å²) < 4.78 is 6.26. The van der Waals surface area contributed by atoms with E-state index < -0.39 is 0 Å². The molecule has 88 valence electrons. The third-order valence-electron chi connectivity index (χ3n) is 3.32. The summed E-state index contributed by atoms with van der Waals surface area (Å²) in [5.74, 6) is 1.65. The number of halogens is 1. The largest absolute Gasteiger partial charge is 0.496 e. The molecule has 0 radical (unpaired) electrons. The molecule has 2 unspecified atom stereocenters. The first-order valence-corrected chi connectivity index (χ1v) is 6.56. The van der Waals surface area contributed by atoms with Gasteiger partial charge in [0.1, 0.15) is 5.75 Å². The summed E-state index contributed by atoms with van der Waals surface area (Å²) in [5.41, 5.74) is 7.29. The highest BCUT2D eigenvalue weighted by Gasteiger charge is 2.21. The number of methoxy groups -OCH3 is 1. The SMILES string of the molecule is COc1ccc(CC2CCC(N)C2)cc1Br. The maximum atomic E-state index is 5.93. The molecule has 0 heterocycles. The Morgan fingerprint density at radius 3 is 2.81 bits per heavy atom. The van der Waals surface area contributed by atoms with Gasteiger partial charge in [-0.2, -0.15) is 0 Å². The summed E-state index contributed by atoms with van der Waals surface area (Å²) in [6.07, 6.45) is 4.76. The Labute approximate surface area is 105 Å². The van der Waals surface area contributed by atoms with Gasteiger partial charge in [-0.25, -0.2) is 0 Å². The molecule has 1 fully saturated rings. The fourth-order valence-corrected chi connectivity index (χ4v) is 3.06. The van der Waals surface area contributed by atoms with Crippen molar-refractivity contribution in [1.29, 1.82) is 0 Å². The fourth-order valence-electron chi connectivity index (χ4n) is 2.47. The van der Waals surface area contributed by atoms with Crippen LogP contribution >= 0.6 is 15.9 Å². The van der Waals surface area contributed by atoms with E-state index in [4.69, 9.17) is 10.5 Å². The molecule has 1 aliphatic rings. The van der Waals surface area contributed by atoms with E-state index in [1.807, 2.05) is 6.07 Å². The molecule has 0 aliphatic heterocycles. The lowest BCUT2D eigenvalue weighted by Gasteiger charge is -2.11. The molecule has 16 heavy (non-hydrogen) atoms. The molecule has 1 saturated carbocycles. The van der Waals surface area contributed by atoms with Crippen molar-refractivity contribution in [2.24, 2.45) is 11.7 Å². The standard InChI is InChI=1S/C13H18BrNO/c1-16-13-5-3-10(8-12(13)14)6-9-2-4-11(15)7-9/h3,5,8-9,11H,2,4,6-7,15H2,1H3. The van der Waals surface area contributed by atoms with Gasteiger partial charge in [0.05, 0.1) is 11.6 Å². The van der Waals surface area contributed by atoms with E-state index in [0.717, 1.165) is 22.6 Å². The molecule has 2 N–H and O–H groups in total. The maximum Gasteiger partial charge on any atom is 0.133 e. The lowest BCUT2D eigenvalue weighted by Crippen LogP contribution is -2.15. The van der Waals surface area contributed by atoms with Crippen LogP contribution in [0.25, 0.3) is 0 Å². The molecule has 1 aromatic rings. The summed E-state index contributed by atoms with van der Waals surface area (Å²) in [5, 5.41) is 0. The average molecular weight is 284 g/mol. The number of hydrogen-bond donors (Lipinski definition) is 1. The van der Waals surface area contributed by atoms with Crippen LogP contribution in [-0.2, 0) is 6.42 Å². The third-order valence-corrected chi connectivity index (χ3v) is 3.94. The maximum absolute atomic E-state index is 5.93. The first kappa shape index (κ1) is 11.9. The Kier molecular flexibility index (Phi) is 3.87. The van der Waals surface area contributed by atoms with Crippen LogP contribution in [0.3, 0.4) is 0 Å². The first-order chi connectivity index (χ1) is 7.69. The van der Waals surface area contributed by atoms with Crippen molar-refractivity contribution in [2.75, 3.05) is 7.11 Å². The number of nitrogens with two attached hydrogens (primary N) is 1. The van der Waals surface area contributed by atoms with Crippen molar-refractivity contribution < 1.29 is 4.74 Å². The Bertz CT molecular complexity index is 367. The van der Waals surface area contributed by atoms with Crippen LogP contribution in [0.15, 0.2) is 22.7 Å². The van der Waals surface area contributed by atoms with Crippen LogP contribution in [0.5, 0.6) is 5.75 Å². The van der Waals surface area contributed by atoms with Gasteiger partial charge in [0.2, 0.25) is 0 Å². The third kappa shape index (κ3) is 2.77. The molecule has 0 aromatic heterocycles. The summed E-state index contributed by atoms with van der Waals surface area (Å²) in [4.78, 5) is 0. The van der Waals surface area contributed by atoms with Gasteiger partial charge in [-0.1, -0.05) is 6.07 Å². The monoisotopic (exact) mass is 283 g/mol. The summed E-state index contributed by atoms with van der Waals surface area (Å²) in [6.45, 7) is 0. The van der Waals surface area contributed by atoms with E-state index in [1.165, 1.54) is 24.8 Å². The first-order valence-electron chi connectivity index (χ1n) is 5.77. The van der Waals surface area contributed by atoms with Crippen molar-refractivity contribution in [3.8, 4) is 5.75 Å². The second kappa shape index (κ2) is 5.19. The molecular formula is C13H18BrNO. The summed E-state index contributed by atoms with van der Waals surface area (Å²) >= 11 is 3.52. The molecule has 2 atom stereocenters. The van der Waals surface area contributed by atoms with Crippen molar-refractivity contribution in [1.82, 2.24) is 0 Å². The summed E-state index contributed by atoms with van der Waals surface area (Å²) in [7, 11) is 1.69. The van der Waals surface area contributed by atoms with E-state index in [-0.39, 0.29) is 0 Å². The molecule has 2 rings (SSSR count). The normalized spacial score (nSPS) is 24.7. The minimum absolute atomic E-state index is 0.423. The van der Waals surface area contributed by atoms with Gasteiger partial charge in [-0.15, -0.1) is 0 Å². The van der Waals surface area contributed by atoms with E-state index in [2.05, 4.69) is 28.1 Å². The van der Waals surface area contributed by atoms with Gasteiger partial charge in [0, 0.05) is 6.04 Å². The van der Waals surface area contributed by atoms with E-state index >= 15 is 0 Å². The number of ether oxygens (including phenoxy) is 1. The molecule has 0 saturated heterocycles. The molecule has 1 aliphatic carbocycles. The van der Waals surface area contributed by atoms with E-state index in [1.54, 1.807) is 7.11 Å². The molecule has 2 nitrogen and oxygen atoms in total. The van der Waals surface area contributed by atoms with Gasteiger partial charge < -0.3 is 10.5 Å². The van der Waals surface area contributed by atoms with E-state index in [9.17, 15) is 0 Å². The molecule has 3 heteroatoms. The number of rotatable bonds is 3. The zero-order valence-corrected chi connectivity index (χ0v) is 11.2. The van der Waals surface area contributed by atoms with Crippen molar-refractivity contribution >= 4 is 15.9 Å². The predicted octanol–water partition coefficient (Wildman–Crippen LogP) is 3.13. The van der Waals surface area contributed by atoms with Crippen molar-refractivity contribution in [2.45, 2.75) is 31.7 Å². The molecule has 0 amide bonds. The number of hydrogen-bond acceptors (Lipinski definition) is 2. The lowest BCUT2D eigenvalue weighted by atomic mass is 9.98. The quantitative estimate of drug-likeness (QED) is 0.925. The highest BCUT2D eigenvalue weighted by atomic mass is 79.9. The second-order valence-corrected chi connectivity index (χ2v) is 5.47. The van der Waals surface area contributed by atoms with Crippen LogP contribution < -0.4 is 10.5 Å². The van der Waals surface area contributed by atoms with Crippen LogP contribution in [0.2, 0.25) is 0 Å². The zero-order valence-electron chi connectivity index (χ0n) is 9.58. The minimum atomic E-state index is 0.423. The summed E-state index contributed by atoms with van der Waals surface area (Å²) in [6, 6.07) is 6.75. The van der Waals surface area contributed by atoms with Crippen molar-refractivity contribution in [3.05, 3.63) is 28.2 Å². The van der Waals surface area contributed by atoms with Crippen LogP contribution in [-0.4, -0.2) is 13.2 Å². The Balaban J connectivity index is 2.02. The topological polar surface area (TPSA) is 35.2 Å². The van der Waals surface area contributed by atoms with Crippen LogP contribution in [0, 0.1) is 5.92 Å².